The summed E-state index contributed by atoms with van der Waals surface area (Å²) in [5.41, 5.74) is -1.13. The molecule has 0 saturated heterocycles. The van der Waals surface area contributed by atoms with Gasteiger partial charge in [-0.15, -0.1) is 0 Å². The van der Waals surface area contributed by atoms with Crippen molar-refractivity contribution in [3.63, 3.8) is 0 Å². The Bertz CT molecular complexity index is 514. The predicted molar refractivity (Wildman–Crippen MR) is 101 cm³/mol. The number of urea groups is 1. The third-order valence-corrected chi connectivity index (χ3v) is 6.85. The van der Waals surface area contributed by atoms with Gasteiger partial charge in [-0.1, -0.05) is 40.0 Å². The van der Waals surface area contributed by atoms with Crippen LogP contribution in [0.2, 0.25) is 0 Å². The van der Waals surface area contributed by atoms with Crippen molar-refractivity contribution in [2.45, 2.75) is 90.0 Å². The van der Waals surface area contributed by atoms with Gasteiger partial charge in [0.15, 0.2) is 0 Å². The molecule has 146 valence electrons. The summed E-state index contributed by atoms with van der Waals surface area (Å²) in [6.45, 7) is 11.1. The molecule has 1 aliphatic rings. The van der Waals surface area contributed by atoms with Gasteiger partial charge in [0, 0.05) is 21.3 Å². The van der Waals surface area contributed by atoms with E-state index in [0.717, 1.165) is 32.1 Å². The van der Waals surface area contributed by atoms with Gasteiger partial charge in [0.25, 0.3) is 0 Å². The van der Waals surface area contributed by atoms with Gasteiger partial charge in [0.05, 0.1) is 5.54 Å². The molecule has 3 N–H and O–H groups in total. The molecule has 6 nitrogen and oxygen atoms in total. The highest BCUT2D eigenvalue weighted by Crippen LogP contribution is 2.31. The first-order valence-corrected chi connectivity index (χ1v) is 10.3. The van der Waals surface area contributed by atoms with E-state index in [2.05, 4.69) is 10.6 Å². The highest BCUT2D eigenvalue weighted by atomic mass is 32.2. The minimum Gasteiger partial charge on any atom is -0.480 e. The molecule has 0 radical (unpaired) electrons. The fourth-order valence-corrected chi connectivity index (χ4v) is 4.35. The summed E-state index contributed by atoms with van der Waals surface area (Å²) in [4.78, 5) is 24.0. The van der Waals surface area contributed by atoms with E-state index >= 15 is 0 Å². The van der Waals surface area contributed by atoms with Crippen LogP contribution >= 0.6 is 0 Å². The van der Waals surface area contributed by atoms with Crippen molar-refractivity contribution in [2.75, 3.05) is 5.75 Å². The topological polar surface area (TPSA) is 95.5 Å². The number of carboxylic acids is 1. The third-order valence-electron chi connectivity index (χ3n) is 4.67. The quantitative estimate of drug-likeness (QED) is 0.689. The number of carbonyl (C=O) groups is 2. The maximum absolute atomic E-state index is 12.7. The van der Waals surface area contributed by atoms with Crippen molar-refractivity contribution in [2.24, 2.45) is 5.41 Å². The van der Waals surface area contributed by atoms with Gasteiger partial charge in [-0.3, -0.25) is 4.21 Å². The third kappa shape index (κ3) is 6.60. The minimum atomic E-state index is -1.09. The van der Waals surface area contributed by atoms with Crippen LogP contribution in [0.3, 0.4) is 0 Å². The van der Waals surface area contributed by atoms with Crippen molar-refractivity contribution in [3.8, 4) is 0 Å². The van der Waals surface area contributed by atoms with Crippen LogP contribution in [0, 0.1) is 5.41 Å². The highest BCUT2D eigenvalue weighted by molar-refractivity contribution is 7.86. The SMILES string of the molecule is CC(C)(C)C(NC(=O)NC1(CS(=O)C(C)(C)C)CCCCC1)C(=O)O. The summed E-state index contributed by atoms with van der Waals surface area (Å²) in [5.74, 6) is -0.657. The Labute approximate surface area is 154 Å². The smallest absolute Gasteiger partial charge is 0.326 e. The standard InChI is InChI=1S/C18H34N2O4S/c1-16(2,3)13(14(21)22)19-15(23)20-18(10-8-7-9-11-18)12-25(24)17(4,5)6/h13H,7-12H2,1-6H3,(H,21,22)(H2,19,20,23). The number of aliphatic carboxylic acids is 1. The lowest BCUT2D eigenvalue weighted by Gasteiger charge is -2.40. The Balaban J connectivity index is 2.89. The average molecular weight is 375 g/mol. The molecule has 7 heteroatoms. The number of rotatable bonds is 5. The van der Waals surface area contributed by atoms with Crippen molar-refractivity contribution < 1.29 is 18.9 Å². The van der Waals surface area contributed by atoms with Crippen LogP contribution in [0.25, 0.3) is 0 Å². The normalized spacial score (nSPS) is 20.4. The zero-order valence-electron chi connectivity index (χ0n) is 16.4. The van der Waals surface area contributed by atoms with Gasteiger partial charge in [-0.05, 0) is 39.0 Å². The summed E-state index contributed by atoms with van der Waals surface area (Å²) in [5, 5.41) is 15.0. The largest absolute Gasteiger partial charge is 0.480 e. The lowest BCUT2D eigenvalue weighted by atomic mass is 9.83. The van der Waals surface area contributed by atoms with E-state index in [-0.39, 0.29) is 4.75 Å². The number of carboxylic acid groups (broad SMARTS) is 1. The first-order valence-electron chi connectivity index (χ1n) is 8.97. The van der Waals surface area contributed by atoms with Crippen LogP contribution in [0.4, 0.5) is 4.79 Å². The number of carbonyl (C=O) groups excluding carboxylic acids is 1. The van der Waals surface area contributed by atoms with Crippen molar-refractivity contribution in [3.05, 3.63) is 0 Å². The summed E-state index contributed by atoms with van der Waals surface area (Å²) in [6.07, 6.45) is 4.60. The zero-order chi connectivity index (χ0) is 19.5. The van der Waals surface area contributed by atoms with E-state index in [0.29, 0.717) is 5.75 Å². The molecular formula is C18H34N2O4S. The van der Waals surface area contributed by atoms with Crippen molar-refractivity contribution in [1.82, 2.24) is 10.6 Å². The summed E-state index contributed by atoms with van der Waals surface area (Å²) >= 11 is 0. The minimum absolute atomic E-state index is 0.350. The van der Waals surface area contributed by atoms with E-state index in [1.807, 2.05) is 20.8 Å². The second-order valence-corrected chi connectivity index (χ2v) is 11.4. The van der Waals surface area contributed by atoms with Crippen LogP contribution < -0.4 is 10.6 Å². The van der Waals surface area contributed by atoms with Crippen LogP contribution in [0.1, 0.15) is 73.6 Å². The molecule has 0 aromatic rings. The van der Waals surface area contributed by atoms with Gasteiger partial charge in [0.1, 0.15) is 6.04 Å². The Morgan fingerprint density at radius 1 is 1.08 bits per heavy atom. The number of hydrogen-bond acceptors (Lipinski definition) is 3. The predicted octanol–water partition coefficient (Wildman–Crippen LogP) is 3.04. The highest BCUT2D eigenvalue weighted by Gasteiger charge is 2.39. The molecule has 1 fully saturated rings. The summed E-state index contributed by atoms with van der Waals surface area (Å²) in [6, 6.07) is -1.48. The Hall–Kier alpha value is -1.11. The molecule has 1 rings (SSSR count). The van der Waals surface area contributed by atoms with Crippen LogP contribution in [-0.4, -0.2) is 43.4 Å². The maximum Gasteiger partial charge on any atom is 0.326 e. The van der Waals surface area contributed by atoms with E-state index in [9.17, 15) is 18.9 Å². The number of nitrogens with one attached hydrogen (secondary N) is 2. The summed E-state index contributed by atoms with van der Waals surface area (Å²) < 4.78 is 12.3. The first kappa shape index (κ1) is 21.9. The molecule has 0 heterocycles. The fraction of sp³-hybridized carbons (Fsp3) is 0.889. The number of amides is 2. The number of hydrogen-bond donors (Lipinski definition) is 3. The lowest BCUT2D eigenvalue weighted by molar-refractivity contribution is -0.141. The molecule has 2 atom stereocenters. The lowest BCUT2D eigenvalue weighted by Crippen LogP contribution is -2.60. The van der Waals surface area contributed by atoms with Crippen molar-refractivity contribution in [1.29, 1.82) is 0 Å². The average Bonchev–Trinajstić information content (AvgIpc) is 2.43. The van der Waals surface area contributed by atoms with Crippen molar-refractivity contribution >= 4 is 22.8 Å². The van der Waals surface area contributed by atoms with Gasteiger partial charge in [0.2, 0.25) is 0 Å². The van der Waals surface area contributed by atoms with E-state index in [4.69, 9.17) is 0 Å². The molecular weight excluding hydrogens is 340 g/mol. The summed E-state index contributed by atoms with van der Waals surface area (Å²) in [7, 11) is -1.09. The fourth-order valence-electron chi connectivity index (χ4n) is 3.06. The van der Waals surface area contributed by atoms with Gasteiger partial charge in [-0.2, -0.15) is 0 Å². The molecule has 25 heavy (non-hydrogen) atoms. The van der Waals surface area contributed by atoms with Crippen LogP contribution in [0.5, 0.6) is 0 Å². The van der Waals surface area contributed by atoms with E-state index in [1.54, 1.807) is 20.8 Å². The van der Waals surface area contributed by atoms with Gasteiger partial charge < -0.3 is 15.7 Å². The zero-order valence-corrected chi connectivity index (χ0v) is 17.2. The second-order valence-electron chi connectivity index (χ2n) is 9.18. The Kier molecular flexibility index (Phi) is 7.07. The van der Waals surface area contributed by atoms with Crippen LogP contribution in [-0.2, 0) is 15.6 Å². The Morgan fingerprint density at radius 2 is 1.60 bits per heavy atom. The molecule has 0 spiro atoms. The molecule has 2 amide bonds. The molecule has 0 aromatic carbocycles. The first-order chi connectivity index (χ1) is 11.3. The molecule has 1 aliphatic carbocycles. The van der Waals surface area contributed by atoms with Gasteiger partial charge in [-0.25, -0.2) is 9.59 Å². The molecule has 2 unspecified atom stereocenters. The maximum atomic E-state index is 12.7. The van der Waals surface area contributed by atoms with Crippen LogP contribution in [0.15, 0.2) is 0 Å². The molecule has 0 bridgehead atoms. The molecule has 0 aromatic heterocycles. The molecule has 1 saturated carbocycles. The molecule has 0 aliphatic heterocycles. The van der Waals surface area contributed by atoms with E-state index < -0.39 is 39.8 Å². The van der Waals surface area contributed by atoms with Gasteiger partial charge >= 0.3 is 12.0 Å². The Morgan fingerprint density at radius 3 is 2.00 bits per heavy atom. The van der Waals surface area contributed by atoms with E-state index in [1.165, 1.54) is 0 Å². The second kappa shape index (κ2) is 8.06. The monoisotopic (exact) mass is 374 g/mol.